The van der Waals surface area contributed by atoms with Crippen molar-refractivity contribution in [1.82, 2.24) is 0 Å². The molecule has 4 nitrogen and oxygen atoms in total. The van der Waals surface area contributed by atoms with E-state index in [1.54, 1.807) is 18.2 Å². The van der Waals surface area contributed by atoms with Crippen LogP contribution in [0, 0.1) is 27.7 Å². The molecule has 3 rings (SSSR count). The number of aryl methyl sites for hydroxylation is 4. The fraction of sp³-hybridized carbons (Fsp3) is 0.280. The number of aromatic hydroxyl groups is 4. The van der Waals surface area contributed by atoms with Crippen molar-refractivity contribution >= 4 is 0 Å². The second kappa shape index (κ2) is 8.08. The van der Waals surface area contributed by atoms with Gasteiger partial charge < -0.3 is 20.4 Å². The Kier molecular flexibility index (Phi) is 5.73. The van der Waals surface area contributed by atoms with Crippen molar-refractivity contribution in [3.05, 3.63) is 81.4 Å². The molecule has 3 aromatic rings. The summed E-state index contributed by atoms with van der Waals surface area (Å²) in [6, 6.07) is 12.6. The number of phenolic OH excluding ortho intramolecular Hbond substituents is 4. The zero-order valence-electron chi connectivity index (χ0n) is 17.3. The standard InChI is InChI=1S/C25H28O4/c1-14-9-23(27)16(3)7-19(14)11-21(18-5-6-22(26)25(29)13-18)12-20-8-17(4)24(28)10-15(20)2/h5-10,13,21,26-29H,11-12H2,1-4H3. The van der Waals surface area contributed by atoms with Crippen molar-refractivity contribution in [1.29, 1.82) is 0 Å². The van der Waals surface area contributed by atoms with Gasteiger partial charge in [-0.2, -0.15) is 0 Å². The summed E-state index contributed by atoms with van der Waals surface area (Å²) in [6.07, 6.45) is 1.44. The quantitative estimate of drug-likeness (QED) is 0.444. The molecule has 0 fully saturated rings. The molecule has 152 valence electrons. The smallest absolute Gasteiger partial charge is 0.157 e. The Morgan fingerprint density at radius 3 is 1.48 bits per heavy atom. The molecule has 0 heterocycles. The molecule has 0 saturated heterocycles. The maximum atomic E-state index is 10.0. The van der Waals surface area contributed by atoms with E-state index in [0.717, 1.165) is 51.8 Å². The molecular formula is C25H28O4. The Bertz CT molecular complexity index is 994. The third-order valence-corrected chi connectivity index (χ3v) is 5.71. The third kappa shape index (κ3) is 4.48. The van der Waals surface area contributed by atoms with Crippen LogP contribution in [0.25, 0.3) is 0 Å². The van der Waals surface area contributed by atoms with Crippen LogP contribution in [0.4, 0.5) is 0 Å². The molecule has 3 aromatic carbocycles. The van der Waals surface area contributed by atoms with Gasteiger partial charge in [-0.25, -0.2) is 0 Å². The van der Waals surface area contributed by atoms with Crippen molar-refractivity contribution in [2.75, 3.05) is 0 Å². The van der Waals surface area contributed by atoms with Crippen LogP contribution in [0.1, 0.15) is 44.9 Å². The number of rotatable bonds is 5. The monoisotopic (exact) mass is 392 g/mol. The molecule has 0 amide bonds. The first-order valence-corrected chi connectivity index (χ1v) is 9.75. The lowest BCUT2D eigenvalue weighted by Crippen LogP contribution is -2.09. The molecule has 0 aromatic heterocycles. The summed E-state index contributed by atoms with van der Waals surface area (Å²) in [6.45, 7) is 7.73. The molecule has 0 spiro atoms. The van der Waals surface area contributed by atoms with E-state index in [-0.39, 0.29) is 28.9 Å². The topological polar surface area (TPSA) is 80.9 Å². The molecule has 0 saturated carbocycles. The fourth-order valence-electron chi connectivity index (χ4n) is 3.79. The van der Waals surface area contributed by atoms with Gasteiger partial charge in [-0.1, -0.05) is 18.2 Å². The van der Waals surface area contributed by atoms with Crippen LogP contribution in [0.2, 0.25) is 0 Å². The van der Waals surface area contributed by atoms with E-state index in [2.05, 4.69) is 0 Å². The summed E-state index contributed by atoms with van der Waals surface area (Å²) in [5.74, 6) is 0.350. The third-order valence-electron chi connectivity index (χ3n) is 5.71. The highest BCUT2D eigenvalue weighted by molar-refractivity contribution is 5.46. The van der Waals surface area contributed by atoms with Crippen molar-refractivity contribution in [2.24, 2.45) is 0 Å². The molecule has 0 aliphatic rings. The van der Waals surface area contributed by atoms with Gasteiger partial charge in [0.2, 0.25) is 0 Å². The first-order valence-electron chi connectivity index (χ1n) is 9.75. The SMILES string of the molecule is Cc1cc(CC(Cc2cc(C)c(O)cc2C)c2ccc(O)c(O)c2)c(C)cc1O. The number of phenols is 4. The van der Waals surface area contributed by atoms with Crippen molar-refractivity contribution < 1.29 is 20.4 Å². The number of benzene rings is 3. The van der Waals surface area contributed by atoms with Crippen LogP contribution < -0.4 is 0 Å². The molecule has 4 heteroatoms. The predicted molar refractivity (Wildman–Crippen MR) is 115 cm³/mol. The van der Waals surface area contributed by atoms with Gasteiger partial charge in [0.25, 0.3) is 0 Å². The average Bonchev–Trinajstić information content (AvgIpc) is 2.65. The Morgan fingerprint density at radius 2 is 1.03 bits per heavy atom. The first kappa shape index (κ1) is 20.6. The van der Waals surface area contributed by atoms with E-state index in [1.807, 2.05) is 45.9 Å². The highest BCUT2D eigenvalue weighted by Gasteiger charge is 2.19. The Hall–Kier alpha value is -3.14. The fourth-order valence-corrected chi connectivity index (χ4v) is 3.79. The van der Waals surface area contributed by atoms with Gasteiger partial charge in [0.05, 0.1) is 0 Å². The van der Waals surface area contributed by atoms with Gasteiger partial charge in [-0.05, 0) is 110 Å². The lowest BCUT2D eigenvalue weighted by molar-refractivity contribution is 0.402. The maximum absolute atomic E-state index is 10.0. The van der Waals surface area contributed by atoms with Crippen LogP contribution in [0.5, 0.6) is 23.0 Å². The minimum absolute atomic E-state index is 0.0479. The zero-order chi connectivity index (χ0) is 21.3. The lowest BCUT2D eigenvalue weighted by Gasteiger charge is -2.21. The molecule has 29 heavy (non-hydrogen) atoms. The summed E-state index contributed by atoms with van der Waals surface area (Å²) in [7, 11) is 0. The summed E-state index contributed by atoms with van der Waals surface area (Å²) in [5.41, 5.74) is 6.87. The molecule has 0 atom stereocenters. The summed E-state index contributed by atoms with van der Waals surface area (Å²) in [4.78, 5) is 0. The van der Waals surface area contributed by atoms with Crippen LogP contribution in [0.3, 0.4) is 0 Å². The van der Waals surface area contributed by atoms with E-state index in [0.29, 0.717) is 0 Å². The summed E-state index contributed by atoms with van der Waals surface area (Å²) < 4.78 is 0. The predicted octanol–water partition coefficient (Wildman–Crippen LogP) is 5.31. The highest BCUT2D eigenvalue weighted by Crippen LogP contribution is 2.35. The van der Waals surface area contributed by atoms with Gasteiger partial charge in [-0.15, -0.1) is 0 Å². The van der Waals surface area contributed by atoms with Crippen LogP contribution in [-0.2, 0) is 12.8 Å². The minimum atomic E-state index is -0.138. The van der Waals surface area contributed by atoms with Gasteiger partial charge in [0.15, 0.2) is 11.5 Å². The van der Waals surface area contributed by atoms with Crippen LogP contribution in [-0.4, -0.2) is 20.4 Å². The van der Waals surface area contributed by atoms with Crippen LogP contribution >= 0.6 is 0 Å². The van der Waals surface area contributed by atoms with Crippen molar-refractivity contribution in [3.8, 4) is 23.0 Å². The molecule has 0 aliphatic carbocycles. The molecule has 0 unspecified atom stereocenters. The number of hydrogen-bond acceptors (Lipinski definition) is 4. The molecule has 4 N–H and O–H groups in total. The minimum Gasteiger partial charge on any atom is -0.508 e. The van der Waals surface area contributed by atoms with E-state index in [1.165, 1.54) is 6.07 Å². The molecule has 0 bridgehead atoms. The van der Waals surface area contributed by atoms with E-state index in [4.69, 9.17) is 0 Å². The number of hydrogen-bond donors (Lipinski definition) is 4. The Labute approximate surface area is 171 Å². The van der Waals surface area contributed by atoms with Crippen LogP contribution in [0.15, 0.2) is 42.5 Å². The van der Waals surface area contributed by atoms with Crippen molar-refractivity contribution in [3.63, 3.8) is 0 Å². The van der Waals surface area contributed by atoms with Gasteiger partial charge >= 0.3 is 0 Å². The Morgan fingerprint density at radius 1 is 0.552 bits per heavy atom. The van der Waals surface area contributed by atoms with E-state index >= 15 is 0 Å². The summed E-state index contributed by atoms with van der Waals surface area (Å²) in [5, 5.41) is 39.7. The van der Waals surface area contributed by atoms with E-state index < -0.39 is 0 Å². The van der Waals surface area contributed by atoms with Gasteiger partial charge in [0.1, 0.15) is 11.5 Å². The van der Waals surface area contributed by atoms with Gasteiger partial charge in [0, 0.05) is 0 Å². The van der Waals surface area contributed by atoms with E-state index in [9.17, 15) is 20.4 Å². The van der Waals surface area contributed by atoms with Gasteiger partial charge in [-0.3, -0.25) is 0 Å². The Balaban J connectivity index is 2.03. The average molecular weight is 392 g/mol. The summed E-state index contributed by atoms with van der Waals surface area (Å²) >= 11 is 0. The maximum Gasteiger partial charge on any atom is 0.157 e. The second-order valence-corrected chi connectivity index (χ2v) is 7.98. The normalized spacial score (nSPS) is 11.2. The second-order valence-electron chi connectivity index (χ2n) is 7.98. The molecule has 0 aliphatic heterocycles. The molecule has 0 radical (unpaired) electrons. The highest BCUT2D eigenvalue weighted by atomic mass is 16.3. The lowest BCUT2D eigenvalue weighted by atomic mass is 9.83. The largest absolute Gasteiger partial charge is 0.508 e. The zero-order valence-corrected chi connectivity index (χ0v) is 17.3. The first-order chi connectivity index (χ1) is 13.7. The molecular weight excluding hydrogens is 364 g/mol. The van der Waals surface area contributed by atoms with Crippen molar-refractivity contribution in [2.45, 2.75) is 46.5 Å².